The monoisotopic (exact) mass is 262 g/mol. The van der Waals surface area contributed by atoms with Crippen molar-refractivity contribution in [3.63, 3.8) is 0 Å². The van der Waals surface area contributed by atoms with Gasteiger partial charge in [0, 0.05) is 25.7 Å². The molecule has 0 radical (unpaired) electrons. The van der Waals surface area contributed by atoms with Crippen molar-refractivity contribution in [3.05, 3.63) is 29.8 Å². The van der Waals surface area contributed by atoms with Crippen LogP contribution < -0.4 is 10.5 Å². The van der Waals surface area contributed by atoms with Gasteiger partial charge >= 0.3 is 0 Å². The molecule has 1 aliphatic heterocycles. The zero-order valence-corrected chi connectivity index (χ0v) is 12.3. The first-order chi connectivity index (χ1) is 9.13. The van der Waals surface area contributed by atoms with E-state index in [-0.39, 0.29) is 0 Å². The zero-order valence-electron chi connectivity index (χ0n) is 12.3. The average Bonchev–Trinajstić information content (AvgIpc) is 2.39. The molecule has 0 spiro atoms. The molecule has 1 aliphatic rings. The number of hydrogen-bond donors (Lipinski definition) is 1. The van der Waals surface area contributed by atoms with Gasteiger partial charge in [0.2, 0.25) is 0 Å². The summed E-state index contributed by atoms with van der Waals surface area (Å²) in [7, 11) is 1.71. The van der Waals surface area contributed by atoms with Gasteiger partial charge in [-0.3, -0.25) is 4.90 Å². The van der Waals surface area contributed by atoms with Crippen LogP contribution in [0, 0.1) is 11.8 Å². The number of rotatable bonds is 4. The molecule has 3 nitrogen and oxygen atoms in total. The lowest BCUT2D eigenvalue weighted by molar-refractivity contribution is 0.0983. The van der Waals surface area contributed by atoms with Crippen LogP contribution in [0.5, 0.6) is 5.75 Å². The van der Waals surface area contributed by atoms with Gasteiger partial charge in [-0.1, -0.05) is 26.0 Å². The summed E-state index contributed by atoms with van der Waals surface area (Å²) in [6.07, 6.45) is 1.33. The van der Waals surface area contributed by atoms with Crippen molar-refractivity contribution in [2.24, 2.45) is 17.6 Å². The summed E-state index contributed by atoms with van der Waals surface area (Å²) in [5.41, 5.74) is 7.30. The third-order valence-corrected chi connectivity index (χ3v) is 4.04. The van der Waals surface area contributed by atoms with E-state index in [0.29, 0.717) is 12.6 Å². The Labute approximate surface area is 116 Å². The van der Waals surface area contributed by atoms with E-state index in [1.807, 2.05) is 12.1 Å². The molecular formula is C16H26N2O. The second-order valence-electron chi connectivity index (χ2n) is 5.93. The van der Waals surface area contributed by atoms with Crippen molar-refractivity contribution >= 4 is 0 Å². The highest BCUT2D eigenvalue weighted by atomic mass is 16.5. The van der Waals surface area contributed by atoms with Gasteiger partial charge in [-0.25, -0.2) is 0 Å². The van der Waals surface area contributed by atoms with Crippen LogP contribution in [0.25, 0.3) is 0 Å². The SMILES string of the molecule is COc1cccc(C(CN)N2C[C@H](C)C[C@H](C)C2)c1. The number of methoxy groups -OCH3 is 1. The molecular weight excluding hydrogens is 236 g/mol. The van der Waals surface area contributed by atoms with Crippen molar-refractivity contribution in [2.45, 2.75) is 26.3 Å². The van der Waals surface area contributed by atoms with Gasteiger partial charge in [0.15, 0.2) is 0 Å². The van der Waals surface area contributed by atoms with E-state index in [9.17, 15) is 0 Å². The van der Waals surface area contributed by atoms with Crippen LogP contribution in [0.4, 0.5) is 0 Å². The first-order valence-corrected chi connectivity index (χ1v) is 7.22. The van der Waals surface area contributed by atoms with Crippen LogP contribution in [0.15, 0.2) is 24.3 Å². The van der Waals surface area contributed by atoms with Crippen LogP contribution in [0.3, 0.4) is 0 Å². The molecule has 1 saturated heterocycles. The van der Waals surface area contributed by atoms with Crippen molar-refractivity contribution in [2.75, 3.05) is 26.7 Å². The molecule has 1 aromatic rings. The summed E-state index contributed by atoms with van der Waals surface area (Å²) in [6.45, 7) is 7.61. The fourth-order valence-corrected chi connectivity index (χ4v) is 3.31. The quantitative estimate of drug-likeness (QED) is 0.906. The number of nitrogens with zero attached hydrogens (tertiary/aromatic N) is 1. The molecule has 3 heteroatoms. The van der Waals surface area contributed by atoms with Crippen LogP contribution in [0.1, 0.15) is 31.9 Å². The second kappa shape index (κ2) is 6.40. The highest BCUT2D eigenvalue weighted by Crippen LogP contribution is 2.30. The second-order valence-corrected chi connectivity index (χ2v) is 5.93. The Hall–Kier alpha value is -1.06. The standard InChI is InChI=1S/C16H26N2O/c1-12-7-13(2)11-18(10-12)16(9-17)14-5-4-6-15(8-14)19-3/h4-6,8,12-13,16H,7,9-11,17H2,1-3H3/t12-,13+,16?. The molecule has 0 amide bonds. The Morgan fingerprint density at radius 2 is 2.00 bits per heavy atom. The van der Waals surface area contributed by atoms with E-state index in [2.05, 4.69) is 30.9 Å². The third-order valence-electron chi connectivity index (χ3n) is 4.04. The molecule has 0 aliphatic carbocycles. The third kappa shape index (κ3) is 3.48. The number of nitrogens with two attached hydrogens (primary N) is 1. The molecule has 19 heavy (non-hydrogen) atoms. The predicted octanol–water partition coefficient (Wildman–Crippen LogP) is 2.67. The maximum atomic E-state index is 6.04. The van der Waals surface area contributed by atoms with Crippen molar-refractivity contribution in [1.82, 2.24) is 4.90 Å². The van der Waals surface area contributed by atoms with Crippen molar-refractivity contribution in [3.8, 4) is 5.75 Å². The van der Waals surface area contributed by atoms with E-state index < -0.39 is 0 Å². The molecule has 0 aromatic heterocycles. The van der Waals surface area contributed by atoms with Crippen LogP contribution in [-0.2, 0) is 0 Å². The maximum absolute atomic E-state index is 6.04. The highest BCUT2D eigenvalue weighted by molar-refractivity contribution is 5.30. The van der Waals surface area contributed by atoms with Gasteiger partial charge < -0.3 is 10.5 Å². The Kier molecular flexibility index (Phi) is 4.83. The molecule has 1 fully saturated rings. The molecule has 2 N–H and O–H groups in total. The zero-order chi connectivity index (χ0) is 13.8. The molecule has 1 aromatic carbocycles. The topological polar surface area (TPSA) is 38.5 Å². The Morgan fingerprint density at radius 1 is 1.32 bits per heavy atom. The first kappa shape index (κ1) is 14.4. The summed E-state index contributed by atoms with van der Waals surface area (Å²) in [6, 6.07) is 8.61. The Balaban J connectivity index is 2.18. The van der Waals surface area contributed by atoms with Gasteiger partial charge in [0.1, 0.15) is 5.75 Å². The number of hydrogen-bond acceptors (Lipinski definition) is 3. The van der Waals surface area contributed by atoms with Gasteiger partial charge in [-0.05, 0) is 36.0 Å². The average molecular weight is 262 g/mol. The summed E-state index contributed by atoms with van der Waals surface area (Å²) < 4.78 is 5.32. The van der Waals surface area contributed by atoms with E-state index in [0.717, 1.165) is 30.7 Å². The molecule has 0 saturated carbocycles. The fourth-order valence-electron chi connectivity index (χ4n) is 3.31. The number of piperidine rings is 1. The van der Waals surface area contributed by atoms with Crippen LogP contribution in [0.2, 0.25) is 0 Å². The molecule has 1 unspecified atom stereocenters. The summed E-state index contributed by atoms with van der Waals surface area (Å²) in [5.74, 6) is 2.42. The largest absolute Gasteiger partial charge is 0.497 e. The fraction of sp³-hybridized carbons (Fsp3) is 0.625. The predicted molar refractivity (Wildman–Crippen MR) is 79.3 cm³/mol. The minimum absolute atomic E-state index is 0.306. The lowest BCUT2D eigenvalue weighted by Crippen LogP contribution is -2.43. The Bertz CT molecular complexity index is 397. The lowest BCUT2D eigenvalue weighted by Gasteiger charge is -2.40. The van der Waals surface area contributed by atoms with Gasteiger partial charge in [-0.2, -0.15) is 0 Å². The minimum Gasteiger partial charge on any atom is -0.497 e. The van der Waals surface area contributed by atoms with Crippen molar-refractivity contribution < 1.29 is 4.74 Å². The van der Waals surface area contributed by atoms with Gasteiger partial charge in [-0.15, -0.1) is 0 Å². The number of likely N-dealkylation sites (tertiary alicyclic amines) is 1. The van der Waals surface area contributed by atoms with E-state index in [1.54, 1.807) is 7.11 Å². The van der Waals surface area contributed by atoms with Gasteiger partial charge in [0.05, 0.1) is 7.11 Å². The summed E-state index contributed by atoms with van der Waals surface area (Å²) in [5, 5.41) is 0. The van der Waals surface area contributed by atoms with Crippen LogP contribution >= 0.6 is 0 Å². The number of ether oxygens (including phenoxy) is 1. The lowest BCUT2D eigenvalue weighted by atomic mass is 9.89. The maximum Gasteiger partial charge on any atom is 0.119 e. The van der Waals surface area contributed by atoms with Crippen molar-refractivity contribution in [1.29, 1.82) is 0 Å². The number of benzene rings is 1. The summed E-state index contributed by atoms with van der Waals surface area (Å²) >= 11 is 0. The molecule has 1 heterocycles. The normalized spacial score (nSPS) is 26.1. The highest BCUT2D eigenvalue weighted by Gasteiger charge is 2.27. The molecule has 2 rings (SSSR count). The minimum atomic E-state index is 0.306. The smallest absolute Gasteiger partial charge is 0.119 e. The van der Waals surface area contributed by atoms with E-state index >= 15 is 0 Å². The molecule has 0 bridgehead atoms. The summed E-state index contributed by atoms with van der Waals surface area (Å²) in [4.78, 5) is 2.54. The Morgan fingerprint density at radius 3 is 2.58 bits per heavy atom. The first-order valence-electron chi connectivity index (χ1n) is 7.22. The van der Waals surface area contributed by atoms with E-state index in [4.69, 9.17) is 10.5 Å². The van der Waals surface area contributed by atoms with E-state index in [1.165, 1.54) is 12.0 Å². The van der Waals surface area contributed by atoms with Gasteiger partial charge in [0.25, 0.3) is 0 Å². The molecule has 3 atom stereocenters. The van der Waals surface area contributed by atoms with Crippen LogP contribution in [-0.4, -0.2) is 31.6 Å². The molecule has 106 valence electrons.